The summed E-state index contributed by atoms with van der Waals surface area (Å²) in [6.45, 7) is 2.04. The maximum atomic E-state index is 12.2. The molecule has 2 rings (SSSR count). The molecule has 2 aromatic rings. The van der Waals surface area contributed by atoms with Crippen LogP contribution in [0, 0.1) is 6.92 Å². The van der Waals surface area contributed by atoms with Crippen molar-refractivity contribution in [2.45, 2.75) is 18.4 Å². The molecule has 0 bridgehead atoms. The van der Waals surface area contributed by atoms with Crippen LogP contribution in [0.25, 0.3) is 0 Å². The molecule has 20 heavy (non-hydrogen) atoms. The van der Waals surface area contributed by atoms with Crippen LogP contribution in [0.4, 0.5) is 0 Å². The van der Waals surface area contributed by atoms with Gasteiger partial charge in [0.1, 0.15) is 0 Å². The molecule has 0 spiro atoms. The van der Waals surface area contributed by atoms with Gasteiger partial charge < -0.3 is 0 Å². The van der Waals surface area contributed by atoms with Crippen LogP contribution in [-0.4, -0.2) is 8.42 Å². The maximum absolute atomic E-state index is 12.2. The van der Waals surface area contributed by atoms with E-state index in [0.717, 1.165) is 15.6 Å². The van der Waals surface area contributed by atoms with Crippen molar-refractivity contribution < 1.29 is 8.42 Å². The van der Waals surface area contributed by atoms with E-state index >= 15 is 0 Å². The van der Waals surface area contributed by atoms with E-state index in [4.69, 9.17) is 11.6 Å². The van der Waals surface area contributed by atoms with Crippen LogP contribution in [-0.2, 0) is 16.6 Å². The summed E-state index contributed by atoms with van der Waals surface area (Å²) in [6.07, 6.45) is 0. The van der Waals surface area contributed by atoms with Gasteiger partial charge in [0.15, 0.2) is 0 Å². The lowest BCUT2D eigenvalue weighted by molar-refractivity contribution is 0.581. The van der Waals surface area contributed by atoms with Gasteiger partial charge >= 0.3 is 0 Å². The van der Waals surface area contributed by atoms with Gasteiger partial charge in [0.05, 0.1) is 4.90 Å². The van der Waals surface area contributed by atoms with Crippen LogP contribution < -0.4 is 4.72 Å². The fourth-order valence-corrected chi connectivity index (χ4v) is 3.81. The average Bonchev–Trinajstić information content (AvgIpc) is 2.35. The highest BCUT2D eigenvalue weighted by Crippen LogP contribution is 2.20. The Morgan fingerprint density at radius 2 is 1.95 bits per heavy atom. The Hall–Kier alpha value is -0.880. The minimum absolute atomic E-state index is 0.190. The van der Waals surface area contributed by atoms with E-state index in [0.29, 0.717) is 5.02 Å². The number of aryl methyl sites for hydroxylation is 1. The van der Waals surface area contributed by atoms with Crippen LogP contribution in [0.1, 0.15) is 11.1 Å². The average molecular weight is 375 g/mol. The number of sulfonamides is 1. The van der Waals surface area contributed by atoms with Gasteiger partial charge in [-0.3, -0.25) is 0 Å². The molecule has 0 aliphatic rings. The fourth-order valence-electron chi connectivity index (χ4n) is 1.76. The molecule has 0 fully saturated rings. The number of halogens is 2. The number of hydrogen-bond donors (Lipinski definition) is 1. The van der Waals surface area contributed by atoms with Gasteiger partial charge in [-0.05, 0) is 48.4 Å². The molecule has 0 aliphatic heterocycles. The number of nitrogens with one attached hydrogen (secondary N) is 1. The van der Waals surface area contributed by atoms with E-state index in [2.05, 4.69) is 20.7 Å². The van der Waals surface area contributed by atoms with Gasteiger partial charge in [0, 0.05) is 16.0 Å². The highest BCUT2D eigenvalue weighted by molar-refractivity contribution is 9.10. The van der Waals surface area contributed by atoms with Crippen LogP contribution >= 0.6 is 27.5 Å². The summed E-state index contributed by atoms with van der Waals surface area (Å²) in [7, 11) is -3.52. The SMILES string of the molecule is Cc1cccc(S(=O)(=O)NCc2cc(Cl)cc(Br)c2)c1. The third kappa shape index (κ3) is 4.06. The summed E-state index contributed by atoms with van der Waals surface area (Å²) >= 11 is 9.26. The third-order valence-electron chi connectivity index (χ3n) is 2.69. The molecule has 0 atom stereocenters. The molecule has 3 nitrogen and oxygen atoms in total. The summed E-state index contributed by atoms with van der Waals surface area (Å²) in [5.74, 6) is 0. The molecular weight excluding hydrogens is 362 g/mol. The monoisotopic (exact) mass is 373 g/mol. The van der Waals surface area contributed by atoms with E-state index < -0.39 is 10.0 Å². The Bertz CT molecular complexity index is 711. The molecule has 0 radical (unpaired) electrons. The highest BCUT2D eigenvalue weighted by atomic mass is 79.9. The topological polar surface area (TPSA) is 46.2 Å². The molecule has 0 saturated heterocycles. The van der Waals surface area contributed by atoms with Crippen molar-refractivity contribution in [2.24, 2.45) is 0 Å². The molecule has 1 N–H and O–H groups in total. The minimum Gasteiger partial charge on any atom is -0.207 e. The van der Waals surface area contributed by atoms with Crippen LogP contribution in [0.15, 0.2) is 51.8 Å². The lowest BCUT2D eigenvalue weighted by Crippen LogP contribution is -2.23. The summed E-state index contributed by atoms with van der Waals surface area (Å²) in [6, 6.07) is 12.1. The lowest BCUT2D eigenvalue weighted by Gasteiger charge is -2.08. The highest BCUT2D eigenvalue weighted by Gasteiger charge is 2.13. The molecule has 6 heteroatoms. The quantitative estimate of drug-likeness (QED) is 0.882. The van der Waals surface area contributed by atoms with Gasteiger partial charge in [-0.2, -0.15) is 0 Å². The van der Waals surface area contributed by atoms with Crippen molar-refractivity contribution in [2.75, 3.05) is 0 Å². The second kappa shape index (κ2) is 6.26. The first-order valence-corrected chi connectivity index (χ1v) is 8.53. The molecule has 0 unspecified atom stereocenters. The van der Waals surface area contributed by atoms with Crippen molar-refractivity contribution in [3.8, 4) is 0 Å². The van der Waals surface area contributed by atoms with E-state index in [9.17, 15) is 8.42 Å². The predicted molar refractivity (Wildman–Crippen MR) is 84.4 cm³/mol. The first-order chi connectivity index (χ1) is 9.37. The summed E-state index contributed by atoms with van der Waals surface area (Å²) in [5, 5.41) is 0.559. The molecule has 2 aromatic carbocycles. The molecular formula is C14H13BrClNO2S. The Kier molecular flexibility index (Phi) is 4.86. The minimum atomic E-state index is -3.52. The second-order valence-electron chi connectivity index (χ2n) is 4.42. The van der Waals surface area contributed by atoms with E-state index in [1.54, 1.807) is 30.3 Å². The number of hydrogen-bond acceptors (Lipinski definition) is 2. The summed E-state index contributed by atoms with van der Waals surface area (Å²) in [4.78, 5) is 0.263. The van der Waals surface area contributed by atoms with Crippen molar-refractivity contribution in [1.82, 2.24) is 4.72 Å². The Morgan fingerprint density at radius 1 is 1.20 bits per heavy atom. The van der Waals surface area contributed by atoms with E-state index in [1.165, 1.54) is 0 Å². The molecule has 0 saturated carbocycles. The van der Waals surface area contributed by atoms with Crippen molar-refractivity contribution >= 4 is 37.6 Å². The maximum Gasteiger partial charge on any atom is 0.240 e. The van der Waals surface area contributed by atoms with Gasteiger partial charge in [-0.15, -0.1) is 0 Å². The van der Waals surface area contributed by atoms with E-state index in [1.807, 2.05) is 19.1 Å². The zero-order valence-electron chi connectivity index (χ0n) is 10.7. The van der Waals surface area contributed by atoms with E-state index in [-0.39, 0.29) is 11.4 Å². The van der Waals surface area contributed by atoms with Crippen LogP contribution in [0.3, 0.4) is 0 Å². The standard InChI is InChI=1S/C14H13BrClNO2S/c1-10-3-2-4-14(5-10)20(18,19)17-9-11-6-12(15)8-13(16)7-11/h2-8,17H,9H2,1H3. The first kappa shape index (κ1) is 15.5. The molecule has 0 heterocycles. The number of benzene rings is 2. The normalized spacial score (nSPS) is 11.6. The van der Waals surface area contributed by atoms with Gasteiger partial charge in [0.25, 0.3) is 0 Å². The van der Waals surface area contributed by atoms with Gasteiger partial charge in [-0.25, -0.2) is 13.1 Å². The summed E-state index contributed by atoms with van der Waals surface area (Å²) < 4.78 is 27.7. The van der Waals surface area contributed by atoms with Crippen molar-refractivity contribution in [3.63, 3.8) is 0 Å². The Labute approximate surface area is 132 Å². The Morgan fingerprint density at radius 3 is 2.60 bits per heavy atom. The predicted octanol–water partition coefficient (Wildman–Crippen LogP) is 3.89. The molecule has 0 amide bonds. The molecule has 0 aliphatic carbocycles. The first-order valence-electron chi connectivity index (χ1n) is 5.88. The van der Waals surface area contributed by atoms with Gasteiger partial charge in [-0.1, -0.05) is 39.7 Å². The van der Waals surface area contributed by atoms with Gasteiger partial charge in [0.2, 0.25) is 10.0 Å². The third-order valence-corrected chi connectivity index (χ3v) is 4.76. The zero-order valence-corrected chi connectivity index (χ0v) is 13.9. The van der Waals surface area contributed by atoms with Crippen molar-refractivity contribution in [3.05, 3.63) is 63.1 Å². The smallest absolute Gasteiger partial charge is 0.207 e. The Balaban J connectivity index is 2.17. The second-order valence-corrected chi connectivity index (χ2v) is 7.54. The lowest BCUT2D eigenvalue weighted by atomic mass is 10.2. The zero-order chi connectivity index (χ0) is 14.8. The largest absolute Gasteiger partial charge is 0.240 e. The van der Waals surface area contributed by atoms with Crippen molar-refractivity contribution in [1.29, 1.82) is 0 Å². The molecule has 106 valence electrons. The van der Waals surface area contributed by atoms with Crippen LogP contribution in [0.5, 0.6) is 0 Å². The van der Waals surface area contributed by atoms with Crippen LogP contribution in [0.2, 0.25) is 5.02 Å². The number of rotatable bonds is 4. The fraction of sp³-hybridized carbons (Fsp3) is 0.143. The molecule has 0 aromatic heterocycles. The summed E-state index contributed by atoms with van der Waals surface area (Å²) in [5.41, 5.74) is 1.69.